The first-order valence-corrected chi connectivity index (χ1v) is 27.7. The van der Waals surface area contributed by atoms with Crippen LogP contribution < -0.4 is 58.2 Å². The number of carbonyl (C=O) groups is 12. The molecule has 1 fully saturated rings. The fourth-order valence-corrected chi connectivity index (χ4v) is 3.94. The molecule has 0 radical (unpaired) electrons. The van der Waals surface area contributed by atoms with Gasteiger partial charge in [-0.05, 0) is 112 Å². The first-order chi connectivity index (χ1) is 41.1. The summed E-state index contributed by atoms with van der Waals surface area (Å²) in [6.07, 6.45) is 5.85. The van der Waals surface area contributed by atoms with Gasteiger partial charge in [0.15, 0.2) is 0 Å². The van der Waals surface area contributed by atoms with Crippen LogP contribution in [0, 0.1) is 11.8 Å². The van der Waals surface area contributed by atoms with Crippen molar-refractivity contribution in [2.75, 3.05) is 62.4 Å². The lowest BCUT2D eigenvalue weighted by atomic mass is 10.0. The van der Waals surface area contributed by atoms with Crippen LogP contribution in [0.3, 0.4) is 0 Å². The van der Waals surface area contributed by atoms with E-state index in [9.17, 15) is 14.4 Å². The molecular formula is C63H150N12O13. The molecule has 23 N–H and O–H groups in total. The molecule has 1 aliphatic rings. The topological polar surface area (TPSA) is 505 Å². The number of aliphatic hydroxyl groups is 1. The number of amides is 3. The summed E-state index contributed by atoms with van der Waals surface area (Å²) >= 11 is 0. The van der Waals surface area contributed by atoms with Crippen molar-refractivity contribution in [3.63, 3.8) is 0 Å². The Morgan fingerprint density at radius 2 is 0.705 bits per heavy atom. The van der Waals surface area contributed by atoms with Gasteiger partial charge in [0.05, 0.1) is 0 Å². The summed E-state index contributed by atoms with van der Waals surface area (Å²) < 4.78 is 0. The number of likely N-dealkylation sites (N-methyl/N-ethyl adjacent to an activating group) is 1. The lowest BCUT2D eigenvalue weighted by molar-refractivity contribution is -0.140. The average molecular weight is 1280 g/mol. The summed E-state index contributed by atoms with van der Waals surface area (Å²) in [4.78, 5) is 112. The molecule has 88 heavy (non-hydrogen) atoms. The fourth-order valence-electron chi connectivity index (χ4n) is 3.94. The van der Waals surface area contributed by atoms with E-state index in [1.54, 1.807) is 27.8 Å². The number of aliphatic hydroxyl groups excluding tert-OH is 1. The van der Waals surface area contributed by atoms with E-state index >= 15 is 0 Å². The Hall–Kier alpha value is -6.52. The van der Waals surface area contributed by atoms with E-state index in [0.29, 0.717) is 6.42 Å². The van der Waals surface area contributed by atoms with Crippen LogP contribution in [0.2, 0.25) is 0 Å². The highest BCUT2D eigenvalue weighted by Gasteiger charge is 2.29. The van der Waals surface area contributed by atoms with Gasteiger partial charge in [-0.15, -0.1) is 0 Å². The molecule has 0 bridgehead atoms. The Labute approximate surface area is 541 Å². The Morgan fingerprint density at radius 3 is 0.886 bits per heavy atom. The lowest BCUT2D eigenvalue weighted by Gasteiger charge is -2.31. The van der Waals surface area contributed by atoms with E-state index in [2.05, 4.69) is 112 Å². The fraction of sp³-hybridized carbons (Fsp3) is 0.619. The first kappa shape index (κ1) is 160. The zero-order valence-corrected chi connectivity index (χ0v) is 61.5. The zero-order chi connectivity index (χ0) is 74.4. The van der Waals surface area contributed by atoms with Gasteiger partial charge in [0.2, 0.25) is 17.7 Å². The van der Waals surface area contributed by atoms with E-state index < -0.39 is 12.1 Å². The molecule has 3 amide bonds. The number of carbonyl (C=O) groups excluding carboxylic acids is 12. The van der Waals surface area contributed by atoms with Crippen LogP contribution in [-0.4, -0.2) is 174 Å². The Balaban J connectivity index is -0.0000000255. The van der Waals surface area contributed by atoms with E-state index in [0.717, 1.165) is 56.2 Å². The van der Waals surface area contributed by atoms with Crippen LogP contribution in [-0.2, 0) is 70.4 Å². The second kappa shape index (κ2) is 216. The lowest BCUT2D eigenvalue weighted by Crippen LogP contribution is -2.54. The van der Waals surface area contributed by atoms with E-state index in [-0.39, 0.29) is 42.3 Å². The van der Waals surface area contributed by atoms with Crippen molar-refractivity contribution < 1.29 is 62.6 Å². The van der Waals surface area contributed by atoms with Crippen molar-refractivity contribution in [2.24, 2.45) is 46.2 Å². The Kier molecular flexibility index (Phi) is 393. The normalized spacial score (nSPS) is 8.16. The minimum atomic E-state index is -0.647. The van der Waals surface area contributed by atoms with Crippen molar-refractivity contribution in [2.45, 2.75) is 188 Å². The third kappa shape index (κ3) is 200. The van der Waals surface area contributed by atoms with Gasteiger partial charge in [-0.3, -0.25) is 14.4 Å². The largest absolute Gasteiger partial charge is 0.394 e. The van der Waals surface area contributed by atoms with E-state index in [1.807, 2.05) is 158 Å². The first-order valence-electron chi connectivity index (χ1n) is 27.7. The molecule has 0 saturated carbocycles. The van der Waals surface area contributed by atoms with Crippen LogP contribution in [0.1, 0.15) is 168 Å². The van der Waals surface area contributed by atoms with Gasteiger partial charge in [-0.1, -0.05) is 171 Å². The molecule has 0 unspecified atom stereocenters. The number of aryl methyl sites for hydroxylation is 1. The maximum atomic E-state index is 12.8. The predicted molar refractivity (Wildman–Crippen MR) is 384 cm³/mol. The minimum Gasteiger partial charge on any atom is -0.394 e. The molecule has 25 heteroatoms. The van der Waals surface area contributed by atoms with Gasteiger partial charge in [0.1, 0.15) is 73.2 Å². The highest BCUT2D eigenvalue weighted by atomic mass is 16.3. The minimum absolute atomic E-state index is 0. The molecule has 25 nitrogen and oxygen atoms in total. The quantitative estimate of drug-likeness (QED) is 0.118. The molecule has 2 aromatic carbocycles. The third-order valence-corrected chi connectivity index (χ3v) is 7.00. The highest BCUT2D eigenvalue weighted by Crippen LogP contribution is 2.12. The number of nitrogens with one attached hydrogen (secondary N) is 1. The van der Waals surface area contributed by atoms with Crippen molar-refractivity contribution in [3.05, 3.63) is 71.8 Å². The summed E-state index contributed by atoms with van der Waals surface area (Å²) in [5, 5.41) is 10.9. The average Bonchev–Trinajstić information content (AvgIpc) is 3.61. The smallest absolute Gasteiger partial charge is 0.244 e. The number of likely N-dealkylation sites (tertiary alicyclic amines) is 1. The molecule has 1 heterocycles. The second-order valence-corrected chi connectivity index (χ2v) is 13.4. The van der Waals surface area contributed by atoms with Gasteiger partial charge in [0.25, 0.3) is 0 Å². The molecule has 0 spiro atoms. The second-order valence-electron chi connectivity index (χ2n) is 13.4. The molecule has 540 valence electrons. The standard InChI is InChI=1S/C20H29N3O3.C8H10.C5H12.C4H10.C3H8O.4C2H6.6CH5N.9CH2O.3H3N/c1-15(20(26)23-12-8-5-9-13-23)21-19(25)18(22(3)16(2)24)14-17-10-6-4-7-11-17;1-2-8-6-4-3-5-7-8;1-4-5(2)3;1-4(2)3;1-3(2)4;19*1-2;;;/h4,6-7,10-11,15,18H,5,8-9,12-14H2,1-3H3,(H,21,25);3-7H,2H2,1H3;5H,4H2,1-3H3;4H,1-3H3;3-4H,1-2H3;4*1-2H3;6*2H2,1H3;9*1H2;3*1H3/t15-,18-;;;;;;;;;;;;;;;;;;;;;;;;;;/m0........................../s1. The molecule has 0 aliphatic carbocycles. The number of nitrogens with two attached hydrogens (primary N) is 6. The van der Waals surface area contributed by atoms with Crippen LogP contribution >= 0.6 is 0 Å². The molecule has 1 aliphatic heterocycles. The van der Waals surface area contributed by atoms with E-state index in [1.165, 1.54) is 66.1 Å². The maximum absolute atomic E-state index is 12.8. The summed E-state index contributed by atoms with van der Waals surface area (Å²) in [5.41, 5.74) is 29.4. The van der Waals surface area contributed by atoms with Crippen LogP contribution in [0.4, 0.5) is 0 Å². The summed E-state index contributed by atoms with van der Waals surface area (Å²) in [6.45, 7) is 57.4. The van der Waals surface area contributed by atoms with Crippen molar-refractivity contribution in [1.29, 1.82) is 0 Å². The van der Waals surface area contributed by atoms with Crippen molar-refractivity contribution in [3.8, 4) is 0 Å². The van der Waals surface area contributed by atoms with Gasteiger partial charge in [-0.25, -0.2) is 0 Å². The van der Waals surface area contributed by atoms with Crippen molar-refractivity contribution >= 4 is 78.8 Å². The summed E-state index contributed by atoms with van der Waals surface area (Å²) in [5.74, 6) is 1.18. The molecule has 0 aromatic heterocycles. The Bertz CT molecular complexity index is 1220. The van der Waals surface area contributed by atoms with Gasteiger partial charge < -0.3 is 116 Å². The third-order valence-electron chi connectivity index (χ3n) is 7.00. The van der Waals surface area contributed by atoms with Crippen LogP contribution in [0.15, 0.2) is 60.7 Å². The van der Waals surface area contributed by atoms with E-state index in [4.69, 9.17) is 48.3 Å². The molecule has 2 atom stereocenters. The maximum Gasteiger partial charge on any atom is 0.244 e. The molecule has 1 saturated heterocycles. The van der Waals surface area contributed by atoms with Crippen LogP contribution in [0.5, 0.6) is 0 Å². The number of benzene rings is 2. The Morgan fingerprint density at radius 1 is 0.489 bits per heavy atom. The number of rotatable bonds is 8. The number of hydrogen-bond donors (Lipinski definition) is 11. The van der Waals surface area contributed by atoms with Gasteiger partial charge >= 0.3 is 0 Å². The number of piperidine rings is 1. The van der Waals surface area contributed by atoms with Crippen LogP contribution in [0.25, 0.3) is 0 Å². The molecule has 2 aromatic rings. The van der Waals surface area contributed by atoms with Gasteiger partial charge in [-0.2, -0.15) is 0 Å². The van der Waals surface area contributed by atoms with Crippen molar-refractivity contribution in [1.82, 2.24) is 33.6 Å². The zero-order valence-electron chi connectivity index (χ0n) is 61.5. The SMILES string of the molecule is C=O.C=O.C=O.C=O.C=O.C=O.C=O.C=O.C=O.CC.CC.CC.CC.CC(=O)N(C)[C@@H](Cc1ccccc1)C(=O)N[C@@H](C)C(=O)N1CCCCC1.CC(C)C.CC(C)O.CCC(C)C.CCc1ccccc1.CN.CN.CN.CN.CN.CN.N.N.N. The molecule has 3 rings (SSSR count). The molecular weight excluding hydrogens is 1130 g/mol. The predicted octanol–water partition coefficient (Wildman–Crippen LogP) is 8.32. The number of nitrogens with zero attached hydrogens (tertiary/aromatic N) is 2. The summed E-state index contributed by atoms with van der Waals surface area (Å²) in [6, 6.07) is 18.8. The highest BCUT2D eigenvalue weighted by molar-refractivity contribution is 5.91. The van der Waals surface area contributed by atoms with Gasteiger partial charge in [0, 0.05) is 39.6 Å². The summed E-state index contributed by atoms with van der Waals surface area (Å²) in [7, 11) is 10.6. The number of hydrogen-bond acceptors (Lipinski definition) is 22. The monoisotopic (exact) mass is 1280 g/mol.